The number of hydrogen-bond acceptors (Lipinski definition) is 3. The first-order valence-corrected chi connectivity index (χ1v) is 5.82. The van der Waals surface area contributed by atoms with Gasteiger partial charge in [0, 0.05) is 6.04 Å². The molecule has 1 atom stereocenters. The molecule has 0 saturated heterocycles. The van der Waals surface area contributed by atoms with E-state index in [1.807, 2.05) is 7.05 Å². The number of benzene rings is 1. The Morgan fingerprint density at radius 3 is 2.47 bits per heavy atom. The third kappa shape index (κ3) is 3.07. The van der Waals surface area contributed by atoms with Crippen molar-refractivity contribution in [1.29, 1.82) is 0 Å². The average molecular weight is 235 g/mol. The van der Waals surface area contributed by atoms with Gasteiger partial charge in [0.05, 0.1) is 13.5 Å². The van der Waals surface area contributed by atoms with Crippen molar-refractivity contribution < 1.29 is 9.53 Å². The SMILES string of the molecule is CNC(CC(=O)OC)c1ccc(C)c(C)c1C. The number of carbonyl (C=O) groups is 1. The Morgan fingerprint density at radius 2 is 1.94 bits per heavy atom. The van der Waals surface area contributed by atoms with Crippen molar-refractivity contribution in [2.75, 3.05) is 14.2 Å². The number of methoxy groups -OCH3 is 1. The second kappa shape index (κ2) is 5.82. The predicted molar refractivity (Wildman–Crippen MR) is 69.1 cm³/mol. The molecule has 1 N–H and O–H groups in total. The van der Waals surface area contributed by atoms with E-state index in [0.29, 0.717) is 6.42 Å². The summed E-state index contributed by atoms with van der Waals surface area (Å²) in [4.78, 5) is 11.4. The molecule has 0 spiro atoms. The molecule has 3 heteroatoms. The summed E-state index contributed by atoms with van der Waals surface area (Å²) in [5, 5.41) is 3.17. The first-order valence-electron chi connectivity index (χ1n) is 5.82. The van der Waals surface area contributed by atoms with Crippen LogP contribution in [-0.4, -0.2) is 20.1 Å². The van der Waals surface area contributed by atoms with Crippen molar-refractivity contribution in [1.82, 2.24) is 5.32 Å². The van der Waals surface area contributed by atoms with Crippen LogP contribution in [0, 0.1) is 20.8 Å². The van der Waals surface area contributed by atoms with Crippen LogP contribution < -0.4 is 5.32 Å². The molecular formula is C14H21NO2. The van der Waals surface area contributed by atoms with E-state index < -0.39 is 0 Å². The molecule has 0 amide bonds. The molecule has 0 bridgehead atoms. The standard InChI is InChI=1S/C14H21NO2/c1-9-6-7-12(11(3)10(9)2)13(15-4)8-14(16)17-5/h6-7,13,15H,8H2,1-5H3. The summed E-state index contributed by atoms with van der Waals surface area (Å²) < 4.78 is 4.72. The maximum Gasteiger partial charge on any atom is 0.307 e. The van der Waals surface area contributed by atoms with E-state index in [4.69, 9.17) is 4.74 Å². The molecule has 0 aliphatic carbocycles. The smallest absolute Gasteiger partial charge is 0.307 e. The molecule has 0 aliphatic heterocycles. The minimum absolute atomic E-state index is 0.0155. The van der Waals surface area contributed by atoms with Crippen LogP contribution in [0.5, 0.6) is 0 Å². The highest BCUT2D eigenvalue weighted by atomic mass is 16.5. The second-order valence-corrected chi connectivity index (χ2v) is 4.34. The molecule has 94 valence electrons. The third-order valence-corrected chi connectivity index (χ3v) is 3.42. The highest BCUT2D eigenvalue weighted by molar-refractivity contribution is 5.70. The normalized spacial score (nSPS) is 12.3. The maximum atomic E-state index is 11.4. The number of carbonyl (C=O) groups excluding carboxylic acids is 1. The molecule has 1 unspecified atom stereocenters. The number of ether oxygens (including phenoxy) is 1. The van der Waals surface area contributed by atoms with Gasteiger partial charge in [0.1, 0.15) is 0 Å². The lowest BCUT2D eigenvalue weighted by molar-refractivity contribution is -0.141. The number of rotatable bonds is 4. The van der Waals surface area contributed by atoms with Crippen molar-refractivity contribution in [3.05, 3.63) is 34.4 Å². The zero-order valence-corrected chi connectivity index (χ0v) is 11.3. The van der Waals surface area contributed by atoms with Crippen molar-refractivity contribution in [3.8, 4) is 0 Å². The van der Waals surface area contributed by atoms with Crippen LogP contribution in [0.4, 0.5) is 0 Å². The third-order valence-electron chi connectivity index (χ3n) is 3.42. The number of nitrogens with one attached hydrogen (secondary N) is 1. The highest BCUT2D eigenvalue weighted by Gasteiger charge is 2.17. The molecule has 3 nitrogen and oxygen atoms in total. The molecule has 0 heterocycles. The molecular weight excluding hydrogens is 214 g/mol. The van der Waals surface area contributed by atoms with E-state index in [2.05, 4.69) is 38.2 Å². The minimum atomic E-state index is -0.193. The largest absolute Gasteiger partial charge is 0.469 e. The fourth-order valence-corrected chi connectivity index (χ4v) is 1.97. The minimum Gasteiger partial charge on any atom is -0.469 e. The van der Waals surface area contributed by atoms with Crippen molar-refractivity contribution in [2.24, 2.45) is 0 Å². The van der Waals surface area contributed by atoms with Crippen LogP contribution in [-0.2, 0) is 9.53 Å². The molecule has 1 aromatic rings. The first kappa shape index (κ1) is 13.7. The van der Waals surface area contributed by atoms with E-state index in [9.17, 15) is 4.79 Å². The summed E-state index contributed by atoms with van der Waals surface area (Å²) in [7, 11) is 3.28. The lowest BCUT2D eigenvalue weighted by atomic mass is 9.93. The predicted octanol–water partition coefficient (Wildman–Crippen LogP) is 2.44. The van der Waals surface area contributed by atoms with Crippen LogP contribution in [0.3, 0.4) is 0 Å². The summed E-state index contributed by atoms with van der Waals surface area (Å²) in [5.41, 5.74) is 4.97. The van der Waals surface area contributed by atoms with E-state index in [1.165, 1.54) is 29.4 Å². The van der Waals surface area contributed by atoms with E-state index in [1.54, 1.807) is 0 Å². The Morgan fingerprint density at radius 1 is 1.29 bits per heavy atom. The van der Waals surface area contributed by atoms with Crippen molar-refractivity contribution in [3.63, 3.8) is 0 Å². The van der Waals surface area contributed by atoms with Gasteiger partial charge in [0.2, 0.25) is 0 Å². The van der Waals surface area contributed by atoms with Gasteiger partial charge in [0.15, 0.2) is 0 Å². The van der Waals surface area contributed by atoms with Gasteiger partial charge in [-0.1, -0.05) is 12.1 Å². The van der Waals surface area contributed by atoms with Crippen LogP contribution in [0.15, 0.2) is 12.1 Å². The maximum absolute atomic E-state index is 11.4. The first-order chi connectivity index (χ1) is 8.01. The van der Waals surface area contributed by atoms with Gasteiger partial charge in [-0.25, -0.2) is 0 Å². The summed E-state index contributed by atoms with van der Waals surface area (Å²) in [6.45, 7) is 6.30. The van der Waals surface area contributed by atoms with E-state index >= 15 is 0 Å². The molecule has 17 heavy (non-hydrogen) atoms. The number of esters is 1. The Kier molecular flexibility index (Phi) is 4.70. The molecule has 0 aromatic heterocycles. The highest BCUT2D eigenvalue weighted by Crippen LogP contribution is 2.25. The summed E-state index contributed by atoms with van der Waals surface area (Å²) in [6.07, 6.45) is 0.357. The van der Waals surface area contributed by atoms with Gasteiger partial charge in [-0.15, -0.1) is 0 Å². The van der Waals surface area contributed by atoms with E-state index in [-0.39, 0.29) is 12.0 Å². The topological polar surface area (TPSA) is 38.3 Å². The second-order valence-electron chi connectivity index (χ2n) is 4.34. The van der Waals surface area contributed by atoms with Crippen LogP contribution in [0.25, 0.3) is 0 Å². The van der Waals surface area contributed by atoms with Gasteiger partial charge in [-0.05, 0) is 50.1 Å². The Balaban J connectivity index is 3.04. The van der Waals surface area contributed by atoms with Gasteiger partial charge < -0.3 is 10.1 Å². The van der Waals surface area contributed by atoms with Crippen molar-refractivity contribution >= 4 is 5.97 Å². The Bertz CT molecular complexity index is 413. The van der Waals surface area contributed by atoms with Crippen LogP contribution in [0.1, 0.15) is 34.7 Å². The Labute approximate surface area is 103 Å². The summed E-state index contributed by atoms with van der Waals surface area (Å²) >= 11 is 0. The summed E-state index contributed by atoms with van der Waals surface area (Å²) in [6, 6.07) is 4.20. The van der Waals surface area contributed by atoms with Crippen molar-refractivity contribution in [2.45, 2.75) is 33.2 Å². The van der Waals surface area contributed by atoms with Gasteiger partial charge >= 0.3 is 5.97 Å². The molecule has 1 aromatic carbocycles. The zero-order chi connectivity index (χ0) is 13.0. The number of aryl methyl sites for hydroxylation is 1. The number of hydrogen-bond donors (Lipinski definition) is 1. The quantitative estimate of drug-likeness (QED) is 0.815. The monoisotopic (exact) mass is 235 g/mol. The Hall–Kier alpha value is -1.35. The molecule has 0 fully saturated rings. The summed E-state index contributed by atoms with van der Waals surface area (Å²) in [5.74, 6) is -0.193. The lowest BCUT2D eigenvalue weighted by Crippen LogP contribution is -2.21. The molecule has 0 saturated carbocycles. The zero-order valence-electron chi connectivity index (χ0n) is 11.3. The van der Waals surface area contributed by atoms with Crippen LogP contribution in [0.2, 0.25) is 0 Å². The van der Waals surface area contributed by atoms with Crippen LogP contribution >= 0.6 is 0 Å². The molecule has 0 radical (unpaired) electrons. The fourth-order valence-electron chi connectivity index (χ4n) is 1.97. The van der Waals surface area contributed by atoms with Gasteiger partial charge in [0.25, 0.3) is 0 Å². The lowest BCUT2D eigenvalue weighted by Gasteiger charge is -2.20. The average Bonchev–Trinajstić information content (AvgIpc) is 2.33. The van der Waals surface area contributed by atoms with Gasteiger partial charge in [-0.2, -0.15) is 0 Å². The molecule has 1 rings (SSSR count). The van der Waals surface area contributed by atoms with Gasteiger partial charge in [-0.3, -0.25) is 4.79 Å². The molecule has 0 aliphatic rings. The van der Waals surface area contributed by atoms with E-state index in [0.717, 1.165) is 0 Å². The fraction of sp³-hybridized carbons (Fsp3) is 0.500.